The lowest BCUT2D eigenvalue weighted by Gasteiger charge is -1.96. The zero-order valence-corrected chi connectivity index (χ0v) is 14.9. The maximum atomic E-state index is 10.0. The number of aldehydes is 1. The molecule has 0 aliphatic heterocycles. The van der Waals surface area contributed by atoms with Gasteiger partial charge < -0.3 is 5.73 Å². The van der Waals surface area contributed by atoms with Crippen LogP contribution in [0, 0.1) is 11.8 Å². The smallest absolute Gasteiger partial charge is 0.150 e. The van der Waals surface area contributed by atoms with Crippen LogP contribution in [0.3, 0.4) is 0 Å². The summed E-state index contributed by atoms with van der Waals surface area (Å²) in [5, 5.41) is 2.44. The van der Waals surface area contributed by atoms with Crippen LogP contribution in [0.4, 0.5) is 5.69 Å². The number of allylic oxidation sites excluding steroid dienone is 2. The number of benzene rings is 3. The molecule has 0 amide bonds. The van der Waals surface area contributed by atoms with E-state index in [0.29, 0.717) is 0 Å². The van der Waals surface area contributed by atoms with Crippen LogP contribution in [0.15, 0.2) is 84.9 Å². The second kappa shape index (κ2) is 9.00. The number of nitrogens with two attached hydrogens (primary N) is 1. The molecule has 132 valence electrons. The Kier molecular flexibility index (Phi) is 6.21. The third-order valence-electron chi connectivity index (χ3n) is 4.88. The third kappa shape index (κ3) is 5.06. The first-order valence-corrected chi connectivity index (χ1v) is 9.17. The predicted molar refractivity (Wildman–Crippen MR) is 110 cm³/mol. The first-order chi connectivity index (χ1) is 12.7. The Hall–Kier alpha value is -2.87. The lowest BCUT2D eigenvalue weighted by atomic mass is 10.1. The summed E-state index contributed by atoms with van der Waals surface area (Å²) in [5.41, 5.74) is 7.18. The van der Waals surface area contributed by atoms with E-state index in [9.17, 15) is 4.79 Å². The lowest BCUT2D eigenvalue weighted by molar-refractivity contribution is 0.112. The fourth-order valence-corrected chi connectivity index (χ4v) is 3.46. The monoisotopic (exact) mass is 343 g/mol. The van der Waals surface area contributed by atoms with E-state index in [-0.39, 0.29) is 0 Å². The summed E-state index contributed by atoms with van der Waals surface area (Å²) < 4.78 is 0. The number of nitrogen functional groups attached to an aromatic ring is 1. The van der Waals surface area contributed by atoms with Gasteiger partial charge >= 0.3 is 0 Å². The molecule has 0 heterocycles. The number of hydrogen-bond acceptors (Lipinski definition) is 2. The molecule has 2 atom stereocenters. The van der Waals surface area contributed by atoms with Crippen molar-refractivity contribution in [2.75, 3.05) is 5.73 Å². The summed E-state index contributed by atoms with van der Waals surface area (Å²) in [7, 11) is 0. The van der Waals surface area contributed by atoms with Crippen LogP contribution in [-0.2, 0) is 0 Å². The van der Waals surface area contributed by atoms with E-state index in [1.54, 1.807) is 12.1 Å². The molecule has 1 saturated carbocycles. The number of carbonyl (C=O) groups is 1. The van der Waals surface area contributed by atoms with Gasteiger partial charge in [0.2, 0.25) is 0 Å². The van der Waals surface area contributed by atoms with Crippen molar-refractivity contribution >= 4 is 22.7 Å². The maximum Gasteiger partial charge on any atom is 0.150 e. The van der Waals surface area contributed by atoms with E-state index in [2.05, 4.69) is 24.3 Å². The highest BCUT2D eigenvalue weighted by atomic mass is 16.1. The van der Waals surface area contributed by atoms with E-state index in [1.165, 1.54) is 30.0 Å². The third-order valence-corrected chi connectivity index (χ3v) is 4.88. The van der Waals surface area contributed by atoms with Crippen molar-refractivity contribution in [2.45, 2.75) is 19.3 Å². The summed E-state index contributed by atoms with van der Waals surface area (Å²) >= 11 is 0. The summed E-state index contributed by atoms with van der Waals surface area (Å²) in [4.78, 5) is 10.0. The Morgan fingerprint density at radius 3 is 1.88 bits per heavy atom. The van der Waals surface area contributed by atoms with Crippen LogP contribution in [-0.4, -0.2) is 6.29 Å². The van der Waals surface area contributed by atoms with Crippen molar-refractivity contribution < 1.29 is 4.79 Å². The Labute approximate surface area is 155 Å². The van der Waals surface area contributed by atoms with Gasteiger partial charge in [-0.3, -0.25) is 4.79 Å². The van der Waals surface area contributed by atoms with Gasteiger partial charge in [-0.15, -0.1) is 0 Å². The average Bonchev–Trinajstić information content (AvgIpc) is 3.35. The minimum Gasteiger partial charge on any atom is -0.399 e. The molecular formula is C24H25NO. The second-order valence-corrected chi connectivity index (χ2v) is 6.85. The van der Waals surface area contributed by atoms with Gasteiger partial charge in [0, 0.05) is 11.3 Å². The largest absolute Gasteiger partial charge is 0.399 e. The minimum atomic E-state index is 0.729. The van der Waals surface area contributed by atoms with Gasteiger partial charge in [-0.05, 0) is 54.0 Å². The Morgan fingerprint density at radius 1 is 0.769 bits per heavy atom. The van der Waals surface area contributed by atoms with Gasteiger partial charge in [0.05, 0.1) is 0 Å². The summed E-state index contributed by atoms with van der Waals surface area (Å²) in [6.45, 7) is 0. The number of fused-ring (bicyclic) bond motifs is 3. The Bertz CT molecular complexity index is 858. The summed E-state index contributed by atoms with van der Waals surface area (Å²) in [6.07, 6.45) is 10.0. The average molecular weight is 343 g/mol. The molecule has 26 heavy (non-hydrogen) atoms. The van der Waals surface area contributed by atoms with Crippen LogP contribution in [0.5, 0.6) is 0 Å². The molecule has 2 aliphatic rings. The molecule has 2 bridgehead atoms. The topological polar surface area (TPSA) is 43.1 Å². The molecule has 2 N–H and O–H groups in total. The van der Waals surface area contributed by atoms with Crippen molar-refractivity contribution in [2.24, 2.45) is 11.8 Å². The van der Waals surface area contributed by atoms with Gasteiger partial charge in [0.1, 0.15) is 6.29 Å². The molecule has 2 aliphatic carbocycles. The second-order valence-electron chi connectivity index (χ2n) is 6.85. The Morgan fingerprint density at radius 2 is 1.38 bits per heavy atom. The normalized spacial score (nSPS) is 19.2. The van der Waals surface area contributed by atoms with Gasteiger partial charge in [-0.25, -0.2) is 0 Å². The van der Waals surface area contributed by atoms with Crippen molar-refractivity contribution in [1.29, 1.82) is 0 Å². The van der Waals surface area contributed by atoms with Crippen LogP contribution in [0.25, 0.3) is 10.8 Å². The Balaban J connectivity index is 0.000000117. The highest BCUT2D eigenvalue weighted by Gasteiger charge is 2.25. The van der Waals surface area contributed by atoms with E-state index in [1.807, 2.05) is 48.5 Å². The SMILES string of the molecule is C1=CC2CCC1C2.Nc1ccc2ccccc2c1.O=Cc1ccccc1. The fraction of sp³-hybridized carbons (Fsp3) is 0.208. The predicted octanol–water partition coefficient (Wildman–Crippen LogP) is 5.89. The number of carbonyl (C=O) groups excluding carboxylic acids is 1. The van der Waals surface area contributed by atoms with Crippen LogP contribution in [0.1, 0.15) is 29.6 Å². The number of rotatable bonds is 1. The number of anilines is 1. The molecule has 2 unspecified atom stereocenters. The van der Waals surface area contributed by atoms with Crippen molar-refractivity contribution in [3.8, 4) is 0 Å². The maximum absolute atomic E-state index is 10.0. The highest BCUT2D eigenvalue weighted by molar-refractivity contribution is 5.85. The molecule has 1 fully saturated rings. The molecule has 3 aromatic rings. The van der Waals surface area contributed by atoms with Crippen LogP contribution >= 0.6 is 0 Å². The van der Waals surface area contributed by atoms with E-state index < -0.39 is 0 Å². The molecule has 2 nitrogen and oxygen atoms in total. The molecule has 0 saturated heterocycles. The fourth-order valence-electron chi connectivity index (χ4n) is 3.46. The van der Waals surface area contributed by atoms with E-state index in [4.69, 9.17) is 5.73 Å². The van der Waals surface area contributed by atoms with Crippen molar-refractivity contribution in [3.05, 3.63) is 90.5 Å². The molecule has 0 aromatic heterocycles. The lowest BCUT2D eigenvalue weighted by Crippen LogP contribution is -1.82. The molecule has 3 aromatic carbocycles. The quantitative estimate of drug-likeness (QED) is 0.340. The highest BCUT2D eigenvalue weighted by Crippen LogP contribution is 2.38. The molecule has 2 heteroatoms. The van der Waals surface area contributed by atoms with Crippen LogP contribution in [0.2, 0.25) is 0 Å². The van der Waals surface area contributed by atoms with E-state index in [0.717, 1.165) is 29.4 Å². The molecule has 0 radical (unpaired) electrons. The van der Waals surface area contributed by atoms with Gasteiger partial charge in [-0.1, -0.05) is 72.8 Å². The summed E-state index contributed by atoms with van der Waals surface area (Å²) in [5.74, 6) is 1.98. The van der Waals surface area contributed by atoms with Crippen LogP contribution < -0.4 is 5.73 Å². The van der Waals surface area contributed by atoms with Crippen molar-refractivity contribution in [1.82, 2.24) is 0 Å². The zero-order chi connectivity index (χ0) is 18.2. The standard InChI is InChI=1S/C10H9N.C7H6O.C7H10/c11-10-6-5-8-3-1-2-4-9(8)7-10;8-6-7-4-2-1-3-5-7;1-2-7-4-3-6(1)5-7/h1-7H,11H2;1-6H;1-2,6-7H,3-5H2. The number of hydrogen-bond donors (Lipinski definition) is 1. The van der Waals surface area contributed by atoms with Gasteiger partial charge in [-0.2, -0.15) is 0 Å². The van der Waals surface area contributed by atoms with Gasteiger partial charge in [0.15, 0.2) is 0 Å². The minimum absolute atomic E-state index is 0.729. The molecule has 5 rings (SSSR count). The zero-order valence-electron chi connectivity index (χ0n) is 14.9. The van der Waals surface area contributed by atoms with Crippen molar-refractivity contribution in [3.63, 3.8) is 0 Å². The molecule has 0 spiro atoms. The first kappa shape index (κ1) is 17.9. The van der Waals surface area contributed by atoms with Gasteiger partial charge in [0.25, 0.3) is 0 Å². The van der Waals surface area contributed by atoms with E-state index >= 15 is 0 Å². The summed E-state index contributed by atoms with van der Waals surface area (Å²) in [6, 6.07) is 23.2. The molecular weight excluding hydrogens is 318 g/mol. The first-order valence-electron chi connectivity index (χ1n) is 9.17.